The first kappa shape index (κ1) is 16.0. The zero-order valence-electron chi connectivity index (χ0n) is 14.3. The van der Waals surface area contributed by atoms with Crippen LogP contribution in [0.25, 0.3) is 33.3 Å². The first-order valence-corrected chi connectivity index (χ1v) is 9.42. The number of fused-ring (bicyclic) bond motifs is 2. The van der Waals surface area contributed by atoms with Crippen molar-refractivity contribution in [3.8, 4) is 11.4 Å². The average molecular weight is 415 g/mol. The summed E-state index contributed by atoms with van der Waals surface area (Å²) in [5.74, 6) is 0.865. The summed E-state index contributed by atoms with van der Waals surface area (Å²) in [4.78, 5) is 12.5. The van der Waals surface area contributed by atoms with Crippen molar-refractivity contribution >= 4 is 49.2 Å². The number of rotatable bonds is 3. The van der Waals surface area contributed by atoms with Gasteiger partial charge in [-0.05, 0) is 42.5 Å². The smallest absolute Gasteiger partial charge is 0.138 e. The van der Waals surface area contributed by atoms with E-state index in [2.05, 4.69) is 43.3 Å². The van der Waals surface area contributed by atoms with E-state index in [9.17, 15) is 0 Å². The number of nitrogens with zero attached hydrogens (tertiary/aromatic N) is 2. The van der Waals surface area contributed by atoms with Gasteiger partial charge in [0, 0.05) is 33.0 Å². The lowest BCUT2D eigenvalue weighted by Crippen LogP contribution is -1.92. The molecule has 3 aromatic carbocycles. The van der Waals surface area contributed by atoms with Crippen molar-refractivity contribution in [3.63, 3.8) is 0 Å². The number of aromatic amines is 1. The molecule has 0 radical (unpaired) electrons. The molecule has 5 aromatic rings. The van der Waals surface area contributed by atoms with Gasteiger partial charge in [-0.15, -0.1) is 0 Å². The lowest BCUT2D eigenvalue weighted by atomic mass is 10.2. The molecule has 0 saturated carbocycles. The number of imidazole rings is 1. The molecule has 0 aliphatic rings. The van der Waals surface area contributed by atoms with Crippen molar-refractivity contribution in [2.45, 2.75) is 0 Å². The van der Waals surface area contributed by atoms with Crippen LogP contribution in [0.4, 0.5) is 11.4 Å². The summed E-state index contributed by atoms with van der Waals surface area (Å²) in [5, 5.41) is 4.60. The first-order valence-electron chi connectivity index (χ1n) is 8.63. The summed E-state index contributed by atoms with van der Waals surface area (Å²) in [6, 6.07) is 24.4. The zero-order valence-corrected chi connectivity index (χ0v) is 15.9. The fraction of sp³-hybridized carbons (Fsp3) is 0. The number of nitrogens with one attached hydrogen (secondary N) is 2. The molecule has 4 nitrogen and oxygen atoms in total. The van der Waals surface area contributed by atoms with Gasteiger partial charge in [0.05, 0.1) is 16.6 Å². The highest BCUT2D eigenvalue weighted by atomic mass is 79.9. The van der Waals surface area contributed by atoms with E-state index in [4.69, 9.17) is 4.98 Å². The Balaban J connectivity index is 1.52. The van der Waals surface area contributed by atoms with E-state index in [0.717, 1.165) is 49.2 Å². The van der Waals surface area contributed by atoms with Crippen LogP contribution in [0.5, 0.6) is 0 Å². The van der Waals surface area contributed by atoms with Gasteiger partial charge in [-0.3, -0.25) is 4.98 Å². The second-order valence-corrected chi connectivity index (χ2v) is 7.24. The molecule has 0 atom stereocenters. The Labute approximate surface area is 164 Å². The fourth-order valence-electron chi connectivity index (χ4n) is 3.19. The van der Waals surface area contributed by atoms with Gasteiger partial charge in [0.25, 0.3) is 0 Å². The molecule has 0 saturated heterocycles. The van der Waals surface area contributed by atoms with Crippen molar-refractivity contribution in [2.24, 2.45) is 0 Å². The molecule has 0 aliphatic carbocycles. The molecule has 2 heterocycles. The van der Waals surface area contributed by atoms with Crippen molar-refractivity contribution < 1.29 is 0 Å². The third kappa shape index (κ3) is 3.06. The van der Waals surface area contributed by atoms with Crippen LogP contribution in [-0.4, -0.2) is 15.0 Å². The molecule has 0 unspecified atom stereocenters. The first-order chi connectivity index (χ1) is 13.3. The van der Waals surface area contributed by atoms with Gasteiger partial charge in [0.1, 0.15) is 5.82 Å². The molecule has 130 valence electrons. The van der Waals surface area contributed by atoms with Crippen molar-refractivity contribution in [1.29, 1.82) is 0 Å². The van der Waals surface area contributed by atoms with Gasteiger partial charge < -0.3 is 10.3 Å². The second-order valence-electron chi connectivity index (χ2n) is 6.32. The lowest BCUT2D eigenvalue weighted by Gasteiger charge is -2.09. The van der Waals surface area contributed by atoms with Crippen LogP contribution in [0.3, 0.4) is 0 Å². The highest BCUT2D eigenvalue weighted by Crippen LogP contribution is 2.28. The summed E-state index contributed by atoms with van der Waals surface area (Å²) < 4.78 is 1.05. The predicted molar refractivity (Wildman–Crippen MR) is 114 cm³/mol. The number of hydrogen-bond donors (Lipinski definition) is 2. The van der Waals surface area contributed by atoms with Crippen LogP contribution >= 0.6 is 15.9 Å². The maximum atomic E-state index is 4.70. The minimum Gasteiger partial charge on any atom is -0.355 e. The van der Waals surface area contributed by atoms with E-state index in [1.807, 2.05) is 66.9 Å². The standard InChI is InChI=1S/C22H15BrN4/c23-15-7-5-14(6-8-15)22-26-20-10-9-16(13-21(20)27-22)25-19-11-12-24-18-4-2-1-3-17(18)19/h1-13H,(H,24,25)(H,26,27). The number of H-pyrrole nitrogens is 1. The molecular formula is C22H15BrN4. The van der Waals surface area contributed by atoms with Crippen molar-refractivity contribution in [1.82, 2.24) is 15.0 Å². The minimum atomic E-state index is 0.865. The van der Waals surface area contributed by atoms with Crippen molar-refractivity contribution in [2.75, 3.05) is 5.32 Å². The molecular weight excluding hydrogens is 400 g/mol. The SMILES string of the molecule is Brc1ccc(-c2nc3ccc(Nc4ccnc5ccccc45)cc3[nH]2)cc1. The Kier molecular flexibility index (Phi) is 3.87. The van der Waals surface area contributed by atoms with E-state index in [1.54, 1.807) is 0 Å². The summed E-state index contributed by atoms with van der Waals surface area (Å²) >= 11 is 3.47. The number of hydrogen-bond acceptors (Lipinski definition) is 3. The van der Waals surface area contributed by atoms with Gasteiger partial charge in [-0.2, -0.15) is 0 Å². The number of benzene rings is 3. The zero-order chi connectivity index (χ0) is 18.2. The third-order valence-corrected chi connectivity index (χ3v) is 5.06. The van der Waals surface area contributed by atoms with Gasteiger partial charge in [-0.25, -0.2) is 4.98 Å². The number of pyridine rings is 1. The van der Waals surface area contributed by atoms with Crippen LogP contribution in [0.2, 0.25) is 0 Å². The topological polar surface area (TPSA) is 53.6 Å². The largest absolute Gasteiger partial charge is 0.355 e. The highest BCUT2D eigenvalue weighted by molar-refractivity contribution is 9.10. The molecule has 2 aromatic heterocycles. The molecule has 0 aliphatic heterocycles. The molecule has 5 rings (SSSR count). The third-order valence-electron chi connectivity index (χ3n) is 4.53. The molecule has 0 fully saturated rings. The Morgan fingerprint density at radius 1 is 0.852 bits per heavy atom. The predicted octanol–water partition coefficient (Wildman–Crippen LogP) is 6.28. The summed E-state index contributed by atoms with van der Waals surface area (Å²) in [6.07, 6.45) is 1.82. The van der Waals surface area contributed by atoms with Crippen LogP contribution in [0.1, 0.15) is 0 Å². The summed E-state index contributed by atoms with van der Waals surface area (Å²) in [7, 11) is 0. The normalized spacial score (nSPS) is 11.1. The van der Waals surface area contributed by atoms with Crippen LogP contribution in [-0.2, 0) is 0 Å². The number of anilines is 2. The Hall–Kier alpha value is -3.18. The molecule has 27 heavy (non-hydrogen) atoms. The van der Waals surface area contributed by atoms with E-state index in [-0.39, 0.29) is 0 Å². The Morgan fingerprint density at radius 2 is 1.70 bits per heavy atom. The molecule has 0 spiro atoms. The monoisotopic (exact) mass is 414 g/mol. The Bertz CT molecular complexity index is 1250. The van der Waals surface area contributed by atoms with E-state index in [0.29, 0.717) is 0 Å². The number of para-hydroxylation sites is 1. The van der Waals surface area contributed by atoms with Crippen LogP contribution < -0.4 is 5.32 Å². The fourth-order valence-corrected chi connectivity index (χ4v) is 3.46. The van der Waals surface area contributed by atoms with E-state index < -0.39 is 0 Å². The van der Waals surface area contributed by atoms with Crippen LogP contribution in [0, 0.1) is 0 Å². The Morgan fingerprint density at radius 3 is 2.59 bits per heavy atom. The minimum absolute atomic E-state index is 0.865. The van der Waals surface area contributed by atoms with Crippen molar-refractivity contribution in [3.05, 3.63) is 83.5 Å². The lowest BCUT2D eigenvalue weighted by molar-refractivity contribution is 1.33. The van der Waals surface area contributed by atoms with Gasteiger partial charge in [0.15, 0.2) is 0 Å². The average Bonchev–Trinajstić information content (AvgIpc) is 3.12. The molecule has 2 N–H and O–H groups in total. The quantitative estimate of drug-likeness (QED) is 0.364. The van der Waals surface area contributed by atoms with Gasteiger partial charge >= 0.3 is 0 Å². The number of aromatic nitrogens is 3. The second kappa shape index (κ2) is 6.52. The molecule has 0 amide bonds. The van der Waals surface area contributed by atoms with Gasteiger partial charge in [0.2, 0.25) is 0 Å². The number of halogens is 1. The van der Waals surface area contributed by atoms with Crippen LogP contribution in [0.15, 0.2) is 83.5 Å². The summed E-state index contributed by atoms with van der Waals surface area (Å²) in [5.41, 5.74) is 6.01. The molecule has 5 heteroatoms. The van der Waals surface area contributed by atoms with Gasteiger partial charge in [-0.1, -0.05) is 46.3 Å². The maximum absolute atomic E-state index is 4.70. The van der Waals surface area contributed by atoms with E-state index >= 15 is 0 Å². The summed E-state index contributed by atoms with van der Waals surface area (Å²) in [6.45, 7) is 0. The molecule has 0 bridgehead atoms. The highest BCUT2D eigenvalue weighted by Gasteiger charge is 2.07. The maximum Gasteiger partial charge on any atom is 0.138 e. The van der Waals surface area contributed by atoms with E-state index in [1.165, 1.54) is 0 Å².